The molecule has 6 heteroatoms. The van der Waals surface area contributed by atoms with E-state index < -0.39 is 18.4 Å². The molecule has 0 aromatic carbocycles. The van der Waals surface area contributed by atoms with Crippen LogP contribution in [-0.2, 0) is 18.9 Å². The van der Waals surface area contributed by atoms with Gasteiger partial charge in [-0.3, -0.25) is 0 Å². The molecule has 16 heavy (non-hydrogen) atoms. The van der Waals surface area contributed by atoms with Crippen molar-refractivity contribution >= 4 is 12.3 Å². The fraction of sp³-hybridized carbons (Fsp3) is 0.800. The van der Waals surface area contributed by atoms with Crippen LogP contribution in [0.4, 0.5) is 9.59 Å². The van der Waals surface area contributed by atoms with Gasteiger partial charge in [-0.1, -0.05) is 13.8 Å². The Morgan fingerprint density at radius 1 is 1.12 bits per heavy atom. The molecule has 0 radical (unpaired) electrons. The Morgan fingerprint density at radius 2 is 1.69 bits per heavy atom. The molecule has 0 amide bonds. The first-order valence-electron chi connectivity index (χ1n) is 5.00. The van der Waals surface area contributed by atoms with Crippen LogP contribution in [0.25, 0.3) is 0 Å². The highest BCUT2D eigenvalue weighted by atomic mass is 16.7. The van der Waals surface area contributed by atoms with Gasteiger partial charge in [0.1, 0.15) is 12.7 Å². The minimum atomic E-state index is -0.804. The van der Waals surface area contributed by atoms with Gasteiger partial charge in [-0.2, -0.15) is 0 Å². The number of rotatable bonds is 5. The Labute approximate surface area is 94.8 Å². The van der Waals surface area contributed by atoms with Crippen molar-refractivity contribution in [3.8, 4) is 0 Å². The molecule has 0 spiro atoms. The van der Waals surface area contributed by atoms with Gasteiger partial charge in [-0.15, -0.1) is 0 Å². The zero-order valence-corrected chi connectivity index (χ0v) is 10.0. The third kappa shape index (κ3) is 5.43. The molecule has 2 unspecified atom stereocenters. The monoisotopic (exact) mass is 234 g/mol. The Morgan fingerprint density at radius 3 is 2.12 bits per heavy atom. The molecular formula is C10H18O6. The summed E-state index contributed by atoms with van der Waals surface area (Å²) in [7, 11) is 2.43. The lowest BCUT2D eigenvalue weighted by Crippen LogP contribution is -2.31. The smallest absolute Gasteiger partial charge is 0.438 e. The number of carbonyl (C=O) groups is 2. The van der Waals surface area contributed by atoms with Gasteiger partial charge in [0.2, 0.25) is 0 Å². The fourth-order valence-corrected chi connectivity index (χ4v) is 0.958. The second-order valence-electron chi connectivity index (χ2n) is 3.26. The summed E-state index contributed by atoms with van der Waals surface area (Å²) in [6.45, 7) is 3.78. The van der Waals surface area contributed by atoms with Crippen molar-refractivity contribution in [1.29, 1.82) is 0 Å². The van der Waals surface area contributed by atoms with E-state index in [1.165, 1.54) is 14.2 Å². The van der Waals surface area contributed by atoms with Crippen molar-refractivity contribution in [2.45, 2.75) is 26.4 Å². The average molecular weight is 234 g/mol. The normalized spacial score (nSPS) is 13.5. The third-order valence-corrected chi connectivity index (χ3v) is 2.23. The van der Waals surface area contributed by atoms with Crippen LogP contribution in [0.1, 0.15) is 20.3 Å². The molecule has 0 fully saturated rings. The Bertz CT molecular complexity index is 227. The van der Waals surface area contributed by atoms with Crippen LogP contribution in [0.3, 0.4) is 0 Å². The van der Waals surface area contributed by atoms with Crippen molar-refractivity contribution in [2.75, 3.05) is 20.8 Å². The second kappa shape index (κ2) is 7.78. The van der Waals surface area contributed by atoms with Gasteiger partial charge >= 0.3 is 12.3 Å². The fourth-order valence-electron chi connectivity index (χ4n) is 0.958. The lowest BCUT2D eigenvalue weighted by atomic mass is 10.0. The van der Waals surface area contributed by atoms with Crippen molar-refractivity contribution < 1.29 is 28.5 Å². The quantitative estimate of drug-likeness (QED) is 0.677. The van der Waals surface area contributed by atoms with Crippen molar-refractivity contribution in [3.05, 3.63) is 0 Å². The summed E-state index contributed by atoms with van der Waals surface area (Å²) < 4.78 is 18.4. The summed E-state index contributed by atoms with van der Waals surface area (Å²) in [4.78, 5) is 21.7. The molecular weight excluding hydrogens is 216 g/mol. The highest BCUT2D eigenvalue weighted by Crippen LogP contribution is 2.13. The number of ether oxygens (including phenoxy) is 4. The van der Waals surface area contributed by atoms with Gasteiger partial charge in [0.05, 0.1) is 14.2 Å². The molecule has 0 aliphatic rings. The highest BCUT2D eigenvalue weighted by molar-refractivity contribution is 5.60. The standard InChI is InChI=1S/C10H18O6/c1-5-7(2)8(16-10(12)14-4)6-15-9(11)13-3/h7-8H,5-6H2,1-4H3. The molecule has 0 saturated heterocycles. The van der Waals surface area contributed by atoms with Gasteiger partial charge in [0.15, 0.2) is 0 Å². The van der Waals surface area contributed by atoms with E-state index in [2.05, 4.69) is 9.47 Å². The minimum Gasteiger partial charge on any atom is -0.438 e. The zero-order valence-electron chi connectivity index (χ0n) is 10.0. The third-order valence-electron chi connectivity index (χ3n) is 2.23. The van der Waals surface area contributed by atoms with Gasteiger partial charge < -0.3 is 18.9 Å². The van der Waals surface area contributed by atoms with Gasteiger partial charge in [0.25, 0.3) is 0 Å². The second-order valence-corrected chi connectivity index (χ2v) is 3.26. The molecule has 2 atom stereocenters. The predicted octanol–water partition coefficient (Wildman–Crippen LogP) is 1.97. The first kappa shape index (κ1) is 14.5. The molecule has 0 rings (SSSR count). The maximum Gasteiger partial charge on any atom is 0.508 e. The van der Waals surface area contributed by atoms with Crippen LogP contribution in [0.2, 0.25) is 0 Å². The molecule has 0 aliphatic heterocycles. The number of hydrogen-bond donors (Lipinski definition) is 0. The maximum absolute atomic E-state index is 10.9. The predicted molar refractivity (Wildman–Crippen MR) is 55.1 cm³/mol. The average Bonchev–Trinajstić information content (AvgIpc) is 2.32. The van der Waals surface area contributed by atoms with E-state index in [1.807, 2.05) is 13.8 Å². The van der Waals surface area contributed by atoms with Crippen LogP contribution in [0, 0.1) is 5.92 Å². The topological polar surface area (TPSA) is 71.1 Å². The first-order chi connectivity index (χ1) is 7.54. The molecule has 0 saturated carbocycles. The van der Waals surface area contributed by atoms with E-state index in [4.69, 9.17) is 9.47 Å². The zero-order chi connectivity index (χ0) is 12.6. The summed E-state index contributed by atoms with van der Waals surface area (Å²) in [6.07, 6.45) is -1.34. The van der Waals surface area contributed by atoms with Crippen LogP contribution in [-0.4, -0.2) is 39.2 Å². The van der Waals surface area contributed by atoms with Gasteiger partial charge in [0, 0.05) is 0 Å². The van der Waals surface area contributed by atoms with Crippen LogP contribution < -0.4 is 0 Å². The lowest BCUT2D eigenvalue weighted by Gasteiger charge is -2.21. The number of carbonyl (C=O) groups excluding carboxylic acids is 2. The Balaban J connectivity index is 4.20. The first-order valence-corrected chi connectivity index (χ1v) is 5.00. The summed E-state index contributed by atoms with van der Waals surface area (Å²) in [5.41, 5.74) is 0. The Kier molecular flexibility index (Phi) is 7.07. The van der Waals surface area contributed by atoms with E-state index in [-0.39, 0.29) is 12.5 Å². The van der Waals surface area contributed by atoms with E-state index in [0.29, 0.717) is 0 Å². The largest absolute Gasteiger partial charge is 0.508 e. The minimum absolute atomic E-state index is 0.0449. The highest BCUT2D eigenvalue weighted by Gasteiger charge is 2.22. The number of methoxy groups -OCH3 is 2. The summed E-state index contributed by atoms with van der Waals surface area (Å²) in [5, 5.41) is 0. The Hall–Kier alpha value is -1.46. The van der Waals surface area contributed by atoms with Crippen LogP contribution >= 0.6 is 0 Å². The summed E-state index contributed by atoms with van der Waals surface area (Å²) in [5.74, 6) is 0.0590. The molecule has 0 aliphatic carbocycles. The lowest BCUT2D eigenvalue weighted by molar-refractivity contribution is -0.0261. The van der Waals surface area contributed by atoms with E-state index in [0.717, 1.165) is 6.42 Å². The van der Waals surface area contributed by atoms with Crippen molar-refractivity contribution in [3.63, 3.8) is 0 Å². The SMILES string of the molecule is CCC(C)C(COC(=O)OC)OC(=O)OC. The maximum atomic E-state index is 10.9. The summed E-state index contributed by atoms with van der Waals surface area (Å²) in [6, 6.07) is 0. The van der Waals surface area contributed by atoms with Crippen molar-refractivity contribution in [1.82, 2.24) is 0 Å². The van der Waals surface area contributed by atoms with Crippen LogP contribution in [0.15, 0.2) is 0 Å². The number of hydrogen-bond acceptors (Lipinski definition) is 6. The molecule has 6 nitrogen and oxygen atoms in total. The van der Waals surface area contributed by atoms with E-state index >= 15 is 0 Å². The molecule has 0 aromatic heterocycles. The molecule has 0 heterocycles. The van der Waals surface area contributed by atoms with Crippen LogP contribution in [0.5, 0.6) is 0 Å². The molecule has 0 bridgehead atoms. The summed E-state index contributed by atoms with van der Waals surface area (Å²) >= 11 is 0. The molecule has 0 N–H and O–H groups in total. The van der Waals surface area contributed by atoms with Gasteiger partial charge in [-0.25, -0.2) is 9.59 Å². The van der Waals surface area contributed by atoms with E-state index in [9.17, 15) is 9.59 Å². The molecule has 0 aromatic rings. The van der Waals surface area contributed by atoms with E-state index in [1.54, 1.807) is 0 Å². The van der Waals surface area contributed by atoms with Crippen molar-refractivity contribution in [2.24, 2.45) is 5.92 Å². The molecule has 94 valence electrons. The van der Waals surface area contributed by atoms with Gasteiger partial charge in [-0.05, 0) is 12.3 Å².